The number of nitrogens with zero attached hydrogens (tertiary/aromatic N) is 2. The highest BCUT2D eigenvalue weighted by Gasteiger charge is 2.10. The van der Waals surface area contributed by atoms with Gasteiger partial charge in [0.15, 0.2) is 0 Å². The predicted molar refractivity (Wildman–Crippen MR) is 110 cm³/mol. The third-order valence-corrected chi connectivity index (χ3v) is 4.58. The molecule has 0 aliphatic carbocycles. The van der Waals surface area contributed by atoms with Crippen LogP contribution >= 0.6 is 0 Å². The SMILES string of the molecule is Cc1ccc2nc(COc3cccc(C(=O)Nc4cc(F)ccc4C)c3)cn2c1. The third-order valence-electron chi connectivity index (χ3n) is 4.58. The van der Waals surface area contributed by atoms with Gasteiger partial charge in [-0.3, -0.25) is 4.79 Å². The minimum absolute atomic E-state index is 0.287. The van der Waals surface area contributed by atoms with Gasteiger partial charge in [-0.1, -0.05) is 18.2 Å². The maximum Gasteiger partial charge on any atom is 0.255 e. The Balaban J connectivity index is 1.46. The molecule has 0 atom stereocenters. The highest BCUT2D eigenvalue weighted by Crippen LogP contribution is 2.20. The number of benzene rings is 2. The first-order valence-corrected chi connectivity index (χ1v) is 9.22. The quantitative estimate of drug-likeness (QED) is 0.527. The molecule has 0 saturated heterocycles. The summed E-state index contributed by atoms with van der Waals surface area (Å²) in [6.45, 7) is 4.12. The summed E-state index contributed by atoms with van der Waals surface area (Å²) in [6.07, 6.45) is 3.93. The van der Waals surface area contributed by atoms with E-state index in [9.17, 15) is 9.18 Å². The van der Waals surface area contributed by atoms with Crippen LogP contribution in [0.15, 0.2) is 67.0 Å². The Morgan fingerprint density at radius 1 is 1.10 bits per heavy atom. The highest BCUT2D eigenvalue weighted by atomic mass is 19.1. The predicted octanol–water partition coefficient (Wildman–Crippen LogP) is 4.92. The van der Waals surface area contributed by atoms with Gasteiger partial charge < -0.3 is 14.5 Å². The minimum atomic E-state index is -0.398. The van der Waals surface area contributed by atoms with Gasteiger partial charge in [-0.25, -0.2) is 9.37 Å². The Bertz CT molecular complexity index is 1200. The van der Waals surface area contributed by atoms with Crippen molar-refractivity contribution in [2.45, 2.75) is 20.5 Å². The van der Waals surface area contributed by atoms with E-state index in [0.717, 1.165) is 22.5 Å². The Morgan fingerprint density at radius 2 is 1.97 bits per heavy atom. The maximum absolute atomic E-state index is 13.4. The Kier molecular flexibility index (Phi) is 4.99. The lowest BCUT2D eigenvalue weighted by Crippen LogP contribution is -2.13. The molecule has 2 aromatic carbocycles. The summed E-state index contributed by atoms with van der Waals surface area (Å²) in [5.74, 6) is -0.167. The van der Waals surface area contributed by atoms with E-state index in [-0.39, 0.29) is 12.5 Å². The number of carbonyl (C=O) groups excluding carboxylic acids is 1. The number of pyridine rings is 1. The first-order chi connectivity index (χ1) is 14.0. The smallest absolute Gasteiger partial charge is 0.255 e. The molecule has 2 heterocycles. The van der Waals surface area contributed by atoms with Crippen molar-refractivity contribution < 1.29 is 13.9 Å². The second kappa shape index (κ2) is 7.75. The van der Waals surface area contributed by atoms with Crippen LogP contribution in [0.1, 0.15) is 27.2 Å². The van der Waals surface area contributed by atoms with Crippen LogP contribution in [0.3, 0.4) is 0 Å². The van der Waals surface area contributed by atoms with Crippen LogP contribution in [-0.2, 0) is 6.61 Å². The van der Waals surface area contributed by atoms with Crippen molar-refractivity contribution in [2.75, 3.05) is 5.32 Å². The summed E-state index contributed by atoms with van der Waals surface area (Å²) in [5, 5.41) is 2.74. The van der Waals surface area contributed by atoms with E-state index in [0.29, 0.717) is 17.0 Å². The number of amides is 1. The average Bonchev–Trinajstić information content (AvgIpc) is 3.11. The fourth-order valence-electron chi connectivity index (χ4n) is 3.03. The normalized spacial score (nSPS) is 10.9. The molecule has 0 radical (unpaired) electrons. The van der Waals surface area contributed by atoms with E-state index < -0.39 is 5.82 Å². The number of hydrogen-bond acceptors (Lipinski definition) is 3. The number of aromatic nitrogens is 2. The first kappa shape index (κ1) is 18.7. The number of carbonyl (C=O) groups is 1. The fraction of sp³-hybridized carbons (Fsp3) is 0.130. The zero-order chi connectivity index (χ0) is 20.4. The lowest BCUT2D eigenvalue weighted by Gasteiger charge is -2.10. The van der Waals surface area contributed by atoms with Crippen LogP contribution in [0.5, 0.6) is 5.75 Å². The van der Waals surface area contributed by atoms with Gasteiger partial charge in [-0.2, -0.15) is 0 Å². The molecule has 0 aliphatic rings. The van der Waals surface area contributed by atoms with E-state index in [1.807, 2.05) is 42.8 Å². The molecule has 0 bridgehead atoms. The monoisotopic (exact) mass is 389 g/mol. The first-order valence-electron chi connectivity index (χ1n) is 9.22. The molecule has 6 heteroatoms. The molecule has 146 valence electrons. The minimum Gasteiger partial charge on any atom is -0.487 e. The van der Waals surface area contributed by atoms with Gasteiger partial charge in [-0.15, -0.1) is 0 Å². The van der Waals surface area contributed by atoms with Crippen molar-refractivity contribution in [1.29, 1.82) is 0 Å². The Morgan fingerprint density at radius 3 is 2.83 bits per heavy atom. The summed E-state index contributed by atoms with van der Waals surface area (Å²) in [5.41, 5.74) is 4.45. The number of imidazole rings is 1. The van der Waals surface area contributed by atoms with Gasteiger partial charge in [0.25, 0.3) is 5.91 Å². The number of nitrogens with one attached hydrogen (secondary N) is 1. The molecule has 29 heavy (non-hydrogen) atoms. The summed E-state index contributed by atoms with van der Waals surface area (Å²) in [6, 6.07) is 15.1. The van der Waals surface area contributed by atoms with Crippen molar-refractivity contribution in [1.82, 2.24) is 9.38 Å². The Labute approximate surface area is 167 Å². The Hall–Kier alpha value is -3.67. The third kappa shape index (κ3) is 4.27. The van der Waals surface area contributed by atoms with E-state index in [4.69, 9.17) is 4.74 Å². The molecular weight excluding hydrogens is 369 g/mol. The number of fused-ring (bicyclic) bond motifs is 1. The van der Waals surface area contributed by atoms with Crippen LogP contribution in [0.25, 0.3) is 5.65 Å². The summed E-state index contributed by atoms with van der Waals surface area (Å²) in [4.78, 5) is 17.1. The summed E-state index contributed by atoms with van der Waals surface area (Å²) >= 11 is 0. The van der Waals surface area contributed by atoms with Crippen molar-refractivity contribution in [3.63, 3.8) is 0 Å². The molecule has 0 saturated carbocycles. The van der Waals surface area contributed by atoms with Crippen LogP contribution in [0.2, 0.25) is 0 Å². The van der Waals surface area contributed by atoms with E-state index in [1.165, 1.54) is 12.1 Å². The van der Waals surface area contributed by atoms with Gasteiger partial charge in [0, 0.05) is 23.6 Å². The second-order valence-electron chi connectivity index (χ2n) is 6.93. The number of anilines is 1. The van der Waals surface area contributed by atoms with Gasteiger partial charge in [0.2, 0.25) is 0 Å². The standard InChI is InChI=1S/C23H20FN3O2/c1-15-6-9-22-25-19(13-27(22)12-15)14-29-20-5-3-4-17(10-20)23(28)26-21-11-18(24)8-7-16(21)2/h3-13H,14H2,1-2H3,(H,26,28). The largest absolute Gasteiger partial charge is 0.487 e. The molecular formula is C23H20FN3O2. The number of hydrogen-bond donors (Lipinski definition) is 1. The van der Waals surface area contributed by atoms with Gasteiger partial charge in [-0.05, 0) is 61.4 Å². The van der Waals surface area contributed by atoms with Crippen molar-refractivity contribution in [3.8, 4) is 5.75 Å². The zero-order valence-electron chi connectivity index (χ0n) is 16.1. The van der Waals surface area contributed by atoms with E-state index >= 15 is 0 Å². The van der Waals surface area contributed by atoms with Crippen LogP contribution in [0, 0.1) is 19.7 Å². The number of rotatable bonds is 5. The fourth-order valence-corrected chi connectivity index (χ4v) is 3.03. The van der Waals surface area contributed by atoms with Crippen LogP contribution in [-0.4, -0.2) is 15.3 Å². The van der Waals surface area contributed by atoms with Crippen molar-refractivity contribution in [3.05, 3.63) is 95.2 Å². The van der Waals surface area contributed by atoms with Gasteiger partial charge in [0.05, 0.1) is 5.69 Å². The molecule has 2 aromatic heterocycles. The molecule has 4 rings (SSSR count). The molecule has 1 amide bonds. The van der Waals surface area contributed by atoms with Crippen LogP contribution < -0.4 is 10.1 Å². The molecule has 1 N–H and O–H groups in total. The molecule has 4 aromatic rings. The molecule has 0 fully saturated rings. The number of halogens is 1. The topological polar surface area (TPSA) is 55.6 Å². The molecule has 5 nitrogen and oxygen atoms in total. The molecule has 0 unspecified atom stereocenters. The van der Waals surface area contributed by atoms with Crippen LogP contribution in [0.4, 0.5) is 10.1 Å². The van der Waals surface area contributed by atoms with Crippen molar-refractivity contribution in [2.24, 2.45) is 0 Å². The average molecular weight is 389 g/mol. The van der Waals surface area contributed by atoms with Crippen molar-refractivity contribution >= 4 is 17.2 Å². The highest BCUT2D eigenvalue weighted by molar-refractivity contribution is 6.04. The zero-order valence-corrected chi connectivity index (χ0v) is 16.1. The van der Waals surface area contributed by atoms with E-state index in [1.54, 1.807) is 30.3 Å². The lowest BCUT2D eigenvalue weighted by molar-refractivity contribution is 0.102. The summed E-state index contributed by atoms with van der Waals surface area (Å²) in [7, 11) is 0. The lowest BCUT2D eigenvalue weighted by atomic mass is 10.1. The molecule has 0 aliphatic heterocycles. The maximum atomic E-state index is 13.4. The van der Waals surface area contributed by atoms with Gasteiger partial charge in [0.1, 0.15) is 23.8 Å². The number of ether oxygens (including phenoxy) is 1. The number of aryl methyl sites for hydroxylation is 2. The second-order valence-corrected chi connectivity index (χ2v) is 6.93. The van der Waals surface area contributed by atoms with Gasteiger partial charge >= 0.3 is 0 Å². The molecule has 0 spiro atoms. The summed E-state index contributed by atoms with van der Waals surface area (Å²) < 4.78 is 21.2. The van der Waals surface area contributed by atoms with E-state index in [2.05, 4.69) is 10.3 Å².